The summed E-state index contributed by atoms with van der Waals surface area (Å²) in [7, 11) is 0. The smallest absolute Gasteiger partial charge is 0.0985 e. The summed E-state index contributed by atoms with van der Waals surface area (Å²) in [4.78, 5) is 0. The van der Waals surface area contributed by atoms with Crippen molar-refractivity contribution in [2.45, 2.75) is 33.1 Å². The van der Waals surface area contributed by atoms with Crippen LogP contribution in [0.3, 0.4) is 0 Å². The van der Waals surface area contributed by atoms with Gasteiger partial charge in [-0.3, -0.25) is 0 Å². The number of allylic oxidation sites excluding steroid dienone is 8. The number of nitrogens with zero attached hydrogens (tertiary/aromatic N) is 1. The van der Waals surface area contributed by atoms with Gasteiger partial charge in [0.2, 0.25) is 0 Å². The first kappa shape index (κ1) is 17.9. The molecule has 0 N–H and O–H groups in total. The van der Waals surface area contributed by atoms with E-state index in [0.29, 0.717) is 11.5 Å². The molecular formula is C19H25N. The fraction of sp³-hybridized carbons (Fsp3) is 0.316. The zero-order valence-electron chi connectivity index (χ0n) is 12.8. The second-order valence-electron chi connectivity index (χ2n) is 4.97. The zero-order valence-corrected chi connectivity index (χ0v) is 12.8. The average Bonchev–Trinajstić information content (AvgIpc) is 2.46. The van der Waals surface area contributed by atoms with Gasteiger partial charge in [-0.25, -0.2) is 0 Å². The van der Waals surface area contributed by atoms with Crippen LogP contribution in [0.2, 0.25) is 0 Å². The molecule has 1 nitrogen and oxygen atoms in total. The van der Waals surface area contributed by atoms with Crippen LogP contribution < -0.4 is 0 Å². The predicted molar refractivity (Wildman–Crippen MR) is 89.1 cm³/mol. The molecule has 20 heavy (non-hydrogen) atoms. The zero-order chi connectivity index (χ0) is 15.5. The topological polar surface area (TPSA) is 23.8 Å². The standard InChI is InChI=1S/C19H25N/c1-7-8-9-16(3)18(5)12-13-19(6)17(4)11-10-15(2)14-20/h10-13,16H,2,4-9H2,1,3H3/b11-10-,13-12-. The summed E-state index contributed by atoms with van der Waals surface area (Å²) in [5.41, 5.74) is 3.10. The molecule has 1 atom stereocenters. The number of unbranched alkanes of at least 4 members (excludes halogenated alkanes) is 1. The Morgan fingerprint density at radius 3 is 2.10 bits per heavy atom. The highest BCUT2D eigenvalue weighted by atomic mass is 14.2. The Hall–Kier alpha value is -2.07. The number of nitriles is 1. The molecule has 0 aliphatic rings. The van der Waals surface area contributed by atoms with Crippen molar-refractivity contribution in [3.8, 4) is 6.07 Å². The van der Waals surface area contributed by atoms with Crippen molar-refractivity contribution in [2.24, 2.45) is 5.92 Å². The van der Waals surface area contributed by atoms with E-state index in [2.05, 4.69) is 40.2 Å². The molecule has 0 amide bonds. The van der Waals surface area contributed by atoms with E-state index in [1.807, 2.05) is 18.2 Å². The molecule has 0 saturated heterocycles. The Kier molecular flexibility index (Phi) is 8.79. The van der Waals surface area contributed by atoms with E-state index in [1.54, 1.807) is 12.2 Å². The van der Waals surface area contributed by atoms with Crippen LogP contribution in [0, 0.1) is 17.2 Å². The second-order valence-corrected chi connectivity index (χ2v) is 4.97. The normalized spacial score (nSPS) is 12.2. The molecule has 1 heteroatoms. The molecule has 0 aliphatic heterocycles. The molecule has 0 aromatic rings. The van der Waals surface area contributed by atoms with Crippen LogP contribution in [0.15, 0.2) is 72.9 Å². The molecule has 106 valence electrons. The Bertz CT molecular complexity index is 480. The Labute approximate surface area is 124 Å². The number of rotatable bonds is 9. The van der Waals surface area contributed by atoms with Crippen LogP contribution in [0.25, 0.3) is 0 Å². The molecular weight excluding hydrogens is 242 g/mol. The third-order valence-corrected chi connectivity index (χ3v) is 3.16. The molecule has 0 spiro atoms. The van der Waals surface area contributed by atoms with E-state index in [1.165, 1.54) is 12.8 Å². The number of hydrogen-bond acceptors (Lipinski definition) is 1. The molecule has 1 unspecified atom stereocenters. The second kappa shape index (κ2) is 9.81. The first-order chi connectivity index (χ1) is 9.42. The lowest BCUT2D eigenvalue weighted by Crippen LogP contribution is -1.95. The first-order valence-corrected chi connectivity index (χ1v) is 6.94. The summed E-state index contributed by atoms with van der Waals surface area (Å²) in [5, 5.41) is 8.62. The predicted octanol–water partition coefficient (Wildman–Crippen LogP) is 5.67. The first-order valence-electron chi connectivity index (χ1n) is 6.94. The van der Waals surface area contributed by atoms with Crippen LogP contribution in [0.4, 0.5) is 0 Å². The molecule has 0 aromatic heterocycles. The maximum atomic E-state index is 8.62. The van der Waals surface area contributed by atoms with Gasteiger partial charge in [-0.05, 0) is 29.6 Å². The van der Waals surface area contributed by atoms with Crippen molar-refractivity contribution in [3.05, 3.63) is 72.9 Å². The quantitative estimate of drug-likeness (QED) is 0.390. The third kappa shape index (κ3) is 7.38. The maximum Gasteiger partial charge on any atom is 0.0985 e. The summed E-state index contributed by atoms with van der Waals surface area (Å²) >= 11 is 0. The summed E-state index contributed by atoms with van der Waals surface area (Å²) in [6, 6.07) is 1.96. The van der Waals surface area contributed by atoms with Crippen LogP contribution in [0.1, 0.15) is 33.1 Å². The van der Waals surface area contributed by atoms with E-state index < -0.39 is 0 Å². The summed E-state index contributed by atoms with van der Waals surface area (Å²) in [6.07, 6.45) is 10.9. The van der Waals surface area contributed by atoms with Gasteiger partial charge in [0.25, 0.3) is 0 Å². The molecule has 0 saturated carbocycles. The van der Waals surface area contributed by atoms with Crippen LogP contribution >= 0.6 is 0 Å². The van der Waals surface area contributed by atoms with Gasteiger partial charge in [0.1, 0.15) is 0 Å². The van der Waals surface area contributed by atoms with Crippen molar-refractivity contribution in [3.63, 3.8) is 0 Å². The van der Waals surface area contributed by atoms with E-state index in [9.17, 15) is 0 Å². The van der Waals surface area contributed by atoms with Crippen molar-refractivity contribution in [2.75, 3.05) is 0 Å². The SMILES string of the molecule is C=C(C#N)/C=C\C(=C)C(=C)/C=C\C(=C)C(C)CCCC. The third-order valence-electron chi connectivity index (χ3n) is 3.16. The van der Waals surface area contributed by atoms with Gasteiger partial charge >= 0.3 is 0 Å². The maximum absolute atomic E-state index is 8.62. The Balaban J connectivity index is 4.45. The molecule has 0 aliphatic carbocycles. The van der Waals surface area contributed by atoms with Crippen LogP contribution in [-0.2, 0) is 0 Å². The van der Waals surface area contributed by atoms with Gasteiger partial charge in [-0.15, -0.1) is 0 Å². The van der Waals surface area contributed by atoms with Gasteiger partial charge in [0.15, 0.2) is 0 Å². The fourth-order valence-electron chi connectivity index (χ4n) is 1.52. The molecule has 0 aromatic carbocycles. The number of hydrogen-bond donors (Lipinski definition) is 0. The summed E-state index contributed by atoms with van der Waals surface area (Å²) in [6.45, 7) is 19.9. The van der Waals surface area contributed by atoms with E-state index >= 15 is 0 Å². The van der Waals surface area contributed by atoms with Gasteiger partial charge in [0.05, 0.1) is 6.07 Å². The molecule has 0 bridgehead atoms. The minimum atomic E-state index is 0.403. The van der Waals surface area contributed by atoms with Gasteiger partial charge in [-0.1, -0.05) is 76.8 Å². The molecule has 0 radical (unpaired) electrons. The Morgan fingerprint density at radius 2 is 1.60 bits per heavy atom. The lowest BCUT2D eigenvalue weighted by molar-refractivity contribution is 0.582. The highest BCUT2D eigenvalue weighted by Crippen LogP contribution is 2.18. The lowest BCUT2D eigenvalue weighted by Gasteiger charge is -2.10. The monoisotopic (exact) mass is 267 g/mol. The van der Waals surface area contributed by atoms with E-state index in [-0.39, 0.29) is 0 Å². The minimum Gasteiger partial charge on any atom is -0.192 e. The summed E-state index contributed by atoms with van der Waals surface area (Å²) in [5.74, 6) is 0.487. The fourth-order valence-corrected chi connectivity index (χ4v) is 1.52. The van der Waals surface area contributed by atoms with Crippen LogP contribution in [-0.4, -0.2) is 0 Å². The van der Waals surface area contributed by atoms with Crippen molar-refractivity contribution in [1.82, 2.24) is 0 Å². The van der Waals surface area contributed by atoms with Crippen molar-refractivity contribution >= 4 is 0 Å². The van der Waals surface area contributed by atoms with E-state index in [0.717, 1.165) is 23.1 Å². The van der Waals surface area contributed by atoms with E-state index in [4.69, 9.17) is 5.26 Å². The van der Waals surface area contributed by atoms with Gasteiger partial charge < -0.3 is 0 Å². The molecule has 0 rings (SSSR count). The average molecular weight is 267 g/mol. The van der Waals surface area contributed by atoms with Gasteiger partial charge in [-0.2, -0.15) is 5.26 Å². The van der Waals surface area contributed by atoms with Crippen molar-refractivity contribution < 1.29 is 0 Å². The largest absolute Gasteiger partial charge is 0.192 e. The van der Waals surface area contributed by atoms with Gasteiger partial charge in [0, 0.05) is 5.57 Å². The molecule has 0 heterocycles. The highest BCUT2D eigenvalue weighted by Gasteiger charge is 2.03. The highest BCUT2D eigenvalue weighted by molar-refractivity contribution is 5.46. The molecule has 0 fully saturated rings. The lowest BCUT2D eigenvalue weighted by atomic mass is 9.95. The van der Waals surface area contributed by atoms with Crippen molar-refractivity contribution in [1.29, 1.82) is 5.26 Å². The van der Waals surface area contributed by atoms with Crippen LogP contribution in [0.5, 0.6) is 0 Å². The Morgan fingerprint density at radius 1 is 1.05 bits per heavy atom. The minimum absolute atomic E-state index is 0.403. The summed E-state index contributed by atoms with van der Waals surface area (Å²) < 4.78 is 0.